The van der Waals surface area contributed by atoms with E-state index in [1.54, 1.807) is 13.8 Å². The van der Waals surface area contributed by atoms with E-state index in [4.69, 9.17) is 191 Å². The molecule has 0 aromatic carbocycles. The minimum atomic E-state index is -4.79. The lowest BCUT2D eigenvalue weighted by molar-refractivity contribution is -0.0579. The van der Waals surface area contributed by atoms with Crippen molar-refractivity contribution in [3.63, 3.8) is 0 Å². The second-order valence-corrected chi connectivity index (χ2v) is 52.9. The molecule has 142 heavy (non-hydrogen) atoms. The summed E-state index contributed by atoms with van der Waals surface area (Å²) in [5.41, 5.74) is 4.00. The fourth-order valence-electron chi connectivity index (χ4n) is 16.3. The number of nitrogen functional groups attached to an aromatic ring is 2. The predicted octanol–water partition coefficient (Wildman–Crippen LogP) is -0.0768. The fourth-order valence-corrected chi connectivity index (χ4v) is 26.1. The quantitative estimate of drug-likeness (QED) is 0.0223. The molecule has 15 heterocycles. The van der Waals surface area contributed by atoms with Crippen LogP contribution in [-0.4, -0.2) is 243 Å². The van der Waals surface area contributed by atoms with Gasteiger partial charge >= 0.3 is 81.2 Å². The van der Waals surface area contributed by atoms with Crippen LogP contribution in [0.5, 0.6) is 0 Å². The summed E-state index contributed by atoms with van der Waals surface area (Å²) in [4.78, 5) is 252. The topological polar surface area (TPSA) is 740 Å². The van der Waals surface area contributed by atoms with Gasteiger partial charge in [-0.2, -0.15) is 4.98 Å². The molecule has 7 aliphatic heterocycles. The number of nitrogens with one attached hydrogen (secondary N) is 5. The molecule has 14 unspecified atom stereocenters. The van der Waals surface area contributed by atoms with Gasteiger partial charge in [0.05, 0.1) is 94.8 Å². The number of aryl methyl sites for hydroxylation is 5. The number of ether oxygens (including phenoxy) is 7. The highest BCUT2D eigenvalue weighted by molar-refractivity contribution is 8.09. The molecule has 0 aliphatic carbocycles. The maximum atomic E-state index is 13.6. The Kier molecular flexibility index (Phi) is 34.5. The van der Waals surface area contributed by atoms with E-state index in [2.05, 4.69) is 44.9 Å². The molecule has 71 heteroatoms. The van der Waals surface area contributed by atoms with Crippen LogP contribution in [0.2, 0.25) is 0 Å². The van der Waals surface area contributed by atoms with Gasteiger partial charge in [0.1, 0.15) is 97.9 Å². The van der Waals surface area contributed by atoms with Crippen molar-refractivity contribution in [2.24, 2.45) is 0 Å². The van der Waals surface area contributed by atoms with Gasteiger partial charge in [0.25, 0.3) is 27.8 Å². The van der Waals surface area contributed by atoms with Gasteiger partial charge in [0, 0.05) is 123 Å². The first-order valence-electron chi connectivity index (χ1n) is 42.6. The number of nitrogens with two attached hydrogens (primary N) is 2. The zero-order valence-corrected chi connectivity index (χ0v) is 87.0. The summed E-state index contributed by atoms with van der Waals surface area (Å²) in [5.74, 6) is -0.103. The summed E-state index contributed by atoms with van der Waals surface area (Å²) >= 11 is 38.7. The molecule has 15 rings (SSSR count). The molecule has 0 saturated carbocycles. The summed E-state index contributed by atoms with van der Waals surface area (Å²) in [6, 6.07) is 1.12. The van der Waals surface area contributed by atoms with Gasteiger partial charge in [-0.05, 0) is 124 Å². The minimum Gasteiger partial charge on any atom is -0.383 e. The Bertz CT molecular complexity index is 7190. The SMILES string of the molecule is CC[C@H]1O[C@@H](n2ccc(=O)[nH]c2=O)CC1OP(O)(=S)OC[C@H]1O[C@@H](n2cc(C)c(N)nc2=O)CC1OP(O)(=S)OC[C@H]1O[C@@H](n2cnc3c(N)ncnc32)CC1OP(O)(=S)OC[C@H]1O[C@@H](n2cc(C)c(=O)[nH]c2=O)CC1OP(O)(=S)OC[C@H]1O[C@@H](n2cc(C)c(=O)[nH]c2=O)CC1OP(O)(=S)OC[C@H]1O[C@@H](n2cc(C)c(=O)[nH]c2=O)CC1OP(O)(=S)OC[C@H]1O[C@@H](n2cc(C)c(=O)[nH]c2=O)CC1OP(O)(=S)OC. The van der Waals surface area contributed by atoms with Crippen molar-refractivity contribution in [3.05, 3.63) is 198 Å². The number of hydrogen-bond acceptors (Lipinski definition) is 45. The normalized spacial score (nSPS) is 29.9. The molecule has 0 radical (unpaired) electrons. The number of hydrogen-bond donors (Lipinski definition) is 14. The summed E-state index contributed by atoms with van der Waals surface area (Å²) in [6.07, 6.45) is -19.5. The highest BCUT2D eigenvalue weighted by Crippen LogP contribution is 2.59. The maximum absolute atomic E-state index is 13.6. The Balaban J connectivity index is 0.635. The summed E-state index contributed by atoms with van der Waals surface area (Å²) in [7, 11) is 1.08. The van der Waals surface area contributed by atoms with Crippen molar-refractivity contribution in [2.45, 2.75) is 222 Å². The van der Waals surface area contributed by atoms with E-state index >= 15 is 0 Å². The predicted molar refractivity (Wildman–Crippen MR) is 515 cm³/mol. The molecule has 780 valence electrons. The number of H-pyrrole nitrogens is 5. The van der Waals surface area contributed by atoms with E-state index in [1.165, 1.54) is 63.4 Å². The molecule has 7 aliphatic rings. The lowest BCUT2D eigenvalue weighted by atomic mass is 10.1. The zero-order chi connectivity index (χ0) is 103. The van der Waals surface area contributed by atoms with Crippen LogP contribution in [0, 0.1) is 34.6 Å². The van der Waals surface area contributed by atoms with Crippen LogP contribution in [0.1, 0.15) is 130 Å². The van der Waals surface area contributed by atoms with Crippen LogP contribution in [-0.2, 0) is 179 Å². The maximum Gasteiger partial charge on any atom is 0.351 e. The standard InChI is InChI=1S/C71H95N18O39P7S7/c1-8-36-37(11-51(115-36)83-10-9-50(90)77-66(83)95)123-130(102,137)109-24-45-39(13-52(117-45)84-18-31(2)59(72)78-67(84)96)124-134(106,141)114-28-49-43(17-57(121-49)89-30-76-58-60(73)74-29-75-61(58)89)128-135(107,142)113-27-48-42(16-56(120-48)88-22-35(6)65(94)82-71(88)100)127-133(105,140)112-26-47-41(15-55(119-47)87-21-34(5)64(93)81-70(87)99)126-132(104,139)111-25-46-40(14-54(118-46)86-20-33(4)63(92)80-69(86)98)125-131(103,138)110-23-44-38(122-129(101,136)108-7)12-53(116-44)85-19-32(3)62(91)79-68(85)97/h9-10,18-22,29-30,36-49,51-57H,8,11-17,23-28H2,1-7H3,(H,101,136)(H,102,137)(H,103,138)(H,104,139)(H,105,140)(H,106,141)(H,107,142)(H2,72,78,96)(H2,73,74,75)(H,77,90,95)(H,79,91,97)(H,80,92,98)(H,81,93,99)(H,82,94,100)/t36-,37?,38?,39?,40?,41?,42?,43?,44-,45-,46-,47-,48-,49-,51-,52-,53-,54-,55-,56-,57-,129?,130?,131?,132?,133?,134?,135?/m1/s1. The largest absolute Gasteiger partial charge is 0.383 e. The Morgan fingerprint density at radius 1 is 0.359 bits per heavy atom. The lowest BCUT2D eigenvalue weighted by Crippen LogP contribution is -2.33. The van der Waals surface area contributed by atoms with E-state index in [0.717, 1.165) is 59.3 Å². The third-order valence-electron chi connectivity index (χ3n) is 23.4. The van der Waals surface area contributed by atoms with Gasteiger partial charge < -0.3 is 142 Å². The van der Waals surface area contributed by atoms with Gasteiger partial charge in [0.2, 0.25) is 0 Å². The molecule has 16 N–H and O–H groups in total. The van der Waals surface area contributed by atoms with E-state index in [0.29, 0.717) is 12.0 Å². The molecule has 8 aromatic heterocycles. The van der Waals surface area contributed by atoms with Crippen LogP contribution in [0.3, 0.4) is 0 Å². The highest BCUT2D eigenvalue weighted by atomic mass is 32.5. The van der Waals surface area contributed by atoms with Gasteiger partial charge in [-0.1, -0.05) is 6.92 Å². The highest BCUT2D eigenvalue weighted by Gasteiger charge is 2.52. The summed E-state index contributed by atoms with van der Waals surface area (Å²) in [6.45, 7) is -27.5. The van der Waals surface area contributed by atoms with E-state index in [-0.39, 0.29) is 77.2 Å². The zero-order valence-electron chi connectivity index (χ0n) is 75.0. The summed E-state index contributed by atoms with van der Waals surface area (Å²) in [5, 5.41) is 0. The molecule has 57 nitrogen and oxygen atoms in total. The monoisotopic (exact) mass is 2260 g/mol. The van der Waals surface area contributed by atoms with Crippen molar-refractivity contribution in [1.29, 1.82) is 0 Å². The van der Waals surface area contributed by atoms with Gasteiger partial charge in [-0.15, -0.1) is 0 Å². The second-order valence-electron chi connectivity index (χ2n) is 33.2. The number of anilines is 2. The van der Waals surface area contributed by atoms with E-state index < -0.39 is 290 Å². The van der Waals surface area contributed by atoms with Crippen LogP contribution in [0.25, 0.3) is 11.2 Å². The Morgan fingerprint density at radius 2 is 0.627 bits per heavy atom. The van der Waals surface area contributed by atoms with Crippen LogP contribution in [0.4, 0.5) is 11.6 Å². The lowest BCUT2D eigenvalue weighted by Gasteiger charge is -2.29. The van der Waals surface area contributed by atoms with E-state index in [9.17, 15) is 87.0 Å². The Labute approximate surface area is 833 Å². The molecular weight excluding hydrogens is 2170 g/mol. The molecule has 0 bridgehead atoms. The summed E-state index contributed by atoms with van der Waals surface area (Å²) < 4.78 is 135. The molecule has 28 atom stereocenters. The first-order valence-corrected chi connectivity index (χ1v) is 60.8. The molecule has 0 spiro atoms. The first kappa shape index (κ1) is 110. The number of rotatable bonds is 41. The molecular formula is C71H95N18O39P7S7. The molecule has 7 fully saturated rings. The number of fused-ring (bicyclic) bond motifs is 1. The number of imidazole rings is 1. The van der Waals surface area contributed by atoms with E-state index in [1.807, 2.05) is 0 Å². The van der Waals surface area contributed by atoms with Crippen LogP contribution in [0.15, 0.2) is 109 Å². The third-order valence-corrected chi connectivity index (χ3v) is 34.6. The molecule has 8 aromatic rings. The average molecular weight is 2270 g/mol. The van der Waals surface area contributed by atoms with Gasteiger partial charge in [-0.25, -0.2) is 43.7 Å². The Hall–Kier alpha value is -6.14. The average Bonchev–Trinajstić information content (AvgIpc) is 1.65. The van der Waals surface area contributed by atoms with Crippen molar-refractivity contribution in [2.75, 3.05) is 58.2 Å². The van der Waals surface area contributed by atoms with Crippen LogP contribution < -0.4 is 73.4 Å². The third kappa shape index (κ3) is 26.6. The van der Waals surface area contributed by atoms with Crippen molar-refractivity contribution in [3.8, 4) is 0 Å². The number of aromatic amines is 5. The molecule has 0 amide bonds. The molecule has 7 saturated heterocycles. The smallest absolute Gasteiger partial charge is 0.351 e. The van der Waals surface area contributed by atoms with Crippen molar-refractivity contribution >= 4 is 152 Å². The van der Waals surface area contributed by atoms with Crippen molar-refractivity contribution in [1.82, 2.24) is 76.8 Å². The first-order chi connectivity index (χ1) is 66.7. The Morgan fingerprint density at radius 3 is 0.930 bits per heavy atom. The van der Waals surface area contributed by atoms with Crippen LogP contribution >= 0.6 is 47.0 Å². The minimum absolute atomic E-state index is 0.0185. The van der Waals surface area contributed by atoms with Gasteiger partial charge in [0.15, 0.2) is 11.5 Å². The number of nitrogens with zero attached hydrogens (tertiary/aromatic N) is 11. The number of aromatic nitrogens is 16. The fraction of sp³-hybridized carbons (Fsp3) is 0.592. The van der Waals surface area contributed by atoms with Crippen molar-refractivity contribution < 1.29 is 131 Å². The second kappa shape index (κ2) is 44.6. The van der Waals surface area contributed by atoms with Gasteiger partial charge in [-0.3, -0.25) is 80.9 Å².